The summed E-state index contributed by atoms with van der Waals surface area (Å²) in [5, 5.41) is 10.8. The maximum Gasteiger partial charge on any atom is 0.326 e. The summed E-state index contributed by atoms with van der Waals surface area (Å²) in [6.07, 6.45) is 3.33. The molecule has 27 heavy (non-hydrogen) atoms. The molecule has 2 aromatic carbocycles. The predicted molar refractivity (Wildman–Crippen MR) is 103 cm³/mol. The van der Waals surface area contributed by atoms with E-state index in [2.05, 4.69) is 22.9 Å². The second kappa shape index (κ2) is 6.91. The summed E-state index contributed by atoms with van der Waals surface area (Å²) in [5.74, 6) is -1.05. The first-order valence-corrected chi connectivity index (χ1v) is 9.16. The van der Waals surface area contributed by atoms with Crippen molar-refractivity contribution in [2.75, 3.05) is 0 Å². The highest BCUT2D eigenvalue weighted by atomic mass is 16.4. The molecule has 0 bridgehead atoms. The molecule has 2 heterocycles. The van der Waals surface area contributed by atoms with Gasteiger partial charge in [-0.05, 0) is 29.2 Å². The Morgan fingerprint density at radius 1 is 1.07 bits per heavy atom. The van der Waals surface area contributed by atoms with E-state index >= 15 is 0 Å². The number of benzene rings is 2. The second-order valence-corrected chi connectivity index (χ2v) is 7.13. The minimum Gasteiger partial charge on any atom is -0.480 e. The predicted octanol–water partition coefficient (Wildman–Crippen LogP) is 3.15. The minimum absolute atomic E-state index is 0.107. The molecule has 0 spiro atoms. The third kappa shape index (κ3) is 3.21. The first kappa shape index (κ1) is 17.3. The van der Waals surface area contributed by atoms with Crippen molar-refractivity contribution in [3.05, 3.63) is 71.4 Å². The zero-order valence-corrected chi connectivity index (χ0v) is 15.3. The molecule has 1 aromatic heterocycles. The molecule has 5 heteroatoms. The Hall–Kier alpha value is -3.08. The SMILES string of the molecule is Cn1cc(CCC(=O)N2Cc3ccccc3CC2C(=O)O)c2ccccc21. The summed E-state index contributed by atoms with van der Waals surface area (Å²) < 4.78 is 2.06. The summed E-state index contributed by atoms with van der Waals surface area (Å²) in [4.78, 5) is 26.2. The fraction of sp³-hybridized carbons (Fsp3) is 0.273. The van der Waals surface area contributed by atoms with Gasteiger partial charge in [0, 0.05) is 43.5 Å². The fourth-order valence-corrected chi connectivity index (χ4v) is 4.02. The fourth-order valence-electron chi connectivity index (χ4n) is 4.02. The van der Waals surface area contributed by atoms with Gasteiger partial charge in [-0.25, -0.2) is 4.79 Å². The van der Waals surface area contributed by atoms with Crippen LogP contribution >= 0.6 is 0 Å². The number of hydrogen-bond donors (Lipinski definition) is 1. The lowest BCUT2D eigenvalue weighted by Gasteiger charge is -2.34. The lowest BCUT2D eigenvalue weighted by Crippen LogP contribution is -2.48. The number of nitrogens with zero attached hydrogens (tertiary/aromatic N) is 2. The highest BCUT2D eigenvalue weighted by Crippen LogP contribution is 2.26. The van der Waals surface area contributed by atoms with Gasteiger partial charge in [-0.3, -0.25) is 4.79 Å². The number of carbonyl (C=O) groups is 2. The van der Waals surface area contributed by atoms with Crippen molar-refractivity contribution in [1.29, 1.82) is 0 Å². The maximum atomic E-state index is 12.9. The van der Waals surface area contributed by atoms with Crippen molar-refractivity contribution in [3.8, 4) is 0 Å². The normalized spacial score (nSPS) is 16.3. The lowest BCUT2D eigenvalue weighted by molar-refractivity contribution is -0.151. The highest BCUT2D eigenvalue weighted by Gasteiger charge is 2.34. The third-order valence-electron chi connectivity index (χ3n) is 5.44. The molecule has 1 amide bonds. The number of hydrogen-bond acceptors (Lipinski definition) is 2. The van der Waals surface area contributed by atoms with Crippen LogP contribution in [0.4, 0.5) is 0 Å². The quantitative estimate of drug-likeness (QED) is 0.775. The van der Waals surface area contributed by atoms with Crippen LogP contribution < -0.4 is 0 Å². The lowest BCUT2D eigenvalue weighted by atomic mass is 9.93. The van der Waals surface area contributed by atoms with Gasteiger partial charge in [0.1, 0.15) is 6.04 Å². The molecule has 3 aromatic rings. The Balaban J connectivity index is 1.54. The topological polar surface area (TPSA) is 62.5 Å². The van der Waals surface area contributed by atoms with Gasteiger partial charge in [0.25, 0.3) is 0 Å². The number of aromatic nitrogens is 1. The van der Waals surface area contributed by atoms with E-state index in [0.29, 0.717) is 25.8 Å². The largest absolute Gasteiger partial charge is 0.480 e. The van der Waals surface area contributed by atoms with Crippen LogP contribution in [0.1, 0.15) is 23.1 Å². The molecular formula is C22H22N2O3. The first-order chi connectivity index (χ1) is 13.0. The molecule has 1 N–H and O–H groups in total. The third-order valence-corrected chi connectivity index (χ3v) is 5.44. The number of carboxylic acid groups (broad SMARTS) is 1. The molecule has 0 fully saturated rings. The van der Waals surface area contributed by atoms with Crippen LogP contribution in [0.15, 0.2) is 54.7 Å². The number of para-hydroxylation sites is 1. The number of aliphatic carboxylic acids is 1. The number of carboxylic acids is 1. The highest BCUT2D eigenvalue weighted by molar-refractivity contribution is 5.87. The minimum atomic E-state index is -0.942. The molecule has 138 valence electrons. The van der Waals surface area contributed by atoms with Crippen molar-refractivity contribution >= 4 is 22.8 Å². The van der Waals surface area contributed by atoms with Gasteiger partial charge in [-0.15, -0.1) is 0 Å². The summed E-state index contributed by atoms with van der Waals surface area (Å²) in [7, 11) is 2.00. The summed E-state index contributed by atoms with van der Waals surface area (Å²) >= 11 is 0. The molecule has 0 aliphatic carbocycles. The van der Waals surface area contributed by atoms with E-state index < -0.39 is 12.0 Å². The second-order valence-electron chi connectivity index (χ2n) is 7.13. The first-order valence-electron chi connectivity index (χ1n) is 9.16. The van der Waals surface area contributed by atoms with Gasteiger partial charge in [-0.2, -0.15) is 0 Å². The van der Waals surface area contributed by atoms with Crippen LogP contribution in [0.2, 0.25) is 0 Å². The van der Waals surface area contributed by atoms with Crippen LogP contribution in [0, 0.1) is 0 Å². The molecule has 1 aliphatic rings. The average Bonchev–Trinajstić information content (AvgIpc) is 3.01. The van der Waals surface area contributed by atoms with Gasteiger partial charge < -0.3 is 14.6 Å². The number of rotatable bonds is 4. The Kier molecular flexibility index (Phi) is 4.44. The van der Waals surface area contributed by atoms with E-state index in [1.54, 1.807) is 0 Å². The Bertz CT molecular complexity index is 1020. The summed E-state index contributed by atoms with van der Waals surface area (Å²) in [5.41, 5.74) is 4.30. The molecule has 0 saturated heterocycles. The number of fused-ring (bicyclic) bond motifs is 2. The van der Waals surface area contributed by atoms with Crippen LogP contribution in [-0.2, 0) is 36.0 Å². The van der Waals surface area contributed by atoms with Crippen molar-refractivity contribution in [3.63, 3.8) is 0 Å². The van der Waals surface area contributed by atoms with Crippen LogP contribution in [-0.4, -0.2) is 32.5 Å². The standard InChI is InChI=1S/C22H22N2O3/c1-23-13-17(18-8-4-5-9-19(18)23)10-11-21(25)24-14-16-7-3-2-6-15(16)12-20(24)22(26)27/h2-9,13,20H,10-12,14H2,1H3,(H,26,27). The van der Waals surface area contributed by atoms with Crippen molar-refractivity contribution in [2.24, 2.45) is 7.05 Å². The Labute approximate surface area is 157 Å². The summed E-state index contributed by atoms with van der Waals surface area (Å²) in [6.45, 7) is 0.363. The molecule has 1 atom stereocenters. The number of carbonyl (C=O) groups excluding carboxylic acids is 1. The number of aryl methyl sites for hydroxylation is 2. The summed E-state index contributed by atoms with van der Waals surface area (Å²) in [6, 6.07) is 15.1. The van der Waals surface area contributed by atoms with Gasteiger partial charge in [-0.1, -0.05) is 42.5 Å². The molecular weight excluding hydrogens is 340 g/mol. The van der Waals surface area contributed by atoms with Crippen LogP contribution in [0.25, 0.3) is 10.9 Å². The monoisotopic (exact) mass is 362 g/mol. The number of amides is 1. The molecule has 1 aliphatic heterocycles. The molecule has 4 rings (SSSR count). The van der Waals surface area contributed by atoms with Crippen LogP contribution in [0.3, 0.4) is 0 Å². The van der Waals surface area contributed by atoms with Crippen molar-refractivity contribution < 1.29 is 14.7 Å². The molecule has 0 radical (unpaired) electrons. The van der Waals surface area contributed by atoms with E-state index in [1.165, 1.54) is 4.90 Å². The van der Waals surface area contributed by atoms with E-state index in [9.17, 15) is 14.7 Å². The molecule has 5 nitrogen and oxygen atoms in total. The van der Waals surface area contributed by atoms with E-state index in [0.717, 1.165) is 27.6 Å². The Morgan fingerprint density at radius 2 is 1.78 bits per heavy atom. The maximum absolute atomic E-state index is 12.9. The zero-order chi connectivity index (χ0) is 19.0. The van der Waals surface area contributed by atoms with Crippen molar-refractivity contribution in [2.45, 2.75) is 31.8 Å². The average molecular weight is 362 g/mol. The zero-order valence-electron chi connectivity index (χ0n) is 15.3. The van der Waals surface area contributed by atoms with E-state index in [1.807, 2.05) is 43.4 Å². The van der Waals surface area contributed by atoms with Gasteiger partial charge >= 0.3 is 5.97 Å². The van der Waals surface area contributed by atoms with Gasteiger partial charge in [0.2, 0.25) is 5.91 Å². The van der Waals surface area contributed by atoms with Crippen molar-refractivity contribution in [1.82, 2.24) is 9.47 Å². The Morgan fingerprint density at radius 3 is 2.56 bits per heavy atom. The van der Waals surface area contributed by atoms with Gasteiger partial charge in [0.15, 0.2) is 0 Å². The molecule has 1 unspecified atom stereocenters. The van der Waals surface area contributed by atoms with Crippen LogP contribution in [0.5, 0.6) is 0 Å². The van der Waals surface area contributed by atoms with E-state index in [4.69, 9.17) is 0 Å². The van der Waals surface area contributed by atoms with E-state index in [-0.39, 0.29) is 5.91 Å². The molecule has 0 saturated carbocycles. The van der Waals surface area contributed by atoms with Gasteiger partial charge in [0.05, 0.1) is 0 Å². The smallest absolute Gasteiger partial charge is 0.326 e.